The van der Waals surface area contributed by atoms with E-state index in [0.717, 1.165) is 10.9 Å². The van der Waals surface area contributed by atoms with E-state index in [1.807, 2.05) is 49.2 Å². The first-order chi connectivity index (χ1) is 12.6. The Labute approximate surface area is 155 Å². The number of nitrogens with zero attached hydrogens (tertiary/aromatic N) is 3. The lowest BCUT2D eigenvalue weighted by molar-refractivity contribution is 0.865. The lowest BCUT2D eigenvalue weighted by atomic mass is 9.99. The van der Waals surface area contributed by atoms with Crippen LogP contribution in [0.3, 0.4) is 0 Å². The van der Waals surface area contributed by atoms with Crippen LogP contribution in [0.15, 0.2) is 67.4 Å². The summed E-state index contributed by atoms with van der Waals surface area (Å²) in [6.45, 7) is 8.71. The summed E-state index contributed by atoms with van der Waals surface area (Å²) in [5.41, 5.74) is 3.63. The molecular weight excluding hydrogens is 318 g/mol. The van der Waals surface area contributed by atoms with Gasteiger partial charge in [-0.2, -0.15) is 0 Å². The van der Waals surface area contributed by atoms with E-state index in [1.54, 1.807) is 0 Å². The van der Waals surface area contributed by atoms with Gasteiger partial charge in [0.1, 0.15) is 0 Å². The largest absolute Gasteiger partial charge is 0.264 e. The second-order valence-corrected chi connectivity index (χ2v) is 7.06. The zero-order chi connectivity index (χ0) is 18.5. The molecule has 3 aromatic heterocycles. The highest BCUT2D eigenvalue weighted by Gasteiger charge is 2.05. The number of pyridine rings is 3. The molecule has 4 rings (SSSR count). The first-order valence-electron chi connectivity index (χ1n) is 9.09. The molecule has 3 heteroatoms. The van der Waals surface area contributed by atoms with Gasteiger partial charge in [-0.25, -0.2) is 0 Å². The number of fused-ring (bicyclic) bond motifs is 2. The van der Waals surface area contributed by atoms with Gasteiger partial charge in [0.25, 0.3) is 0 Å². The number of aromatic nitrogens is 3. The first-order valence-corrected chi connectivity index (χ1v) is 9.09. The average Bonchev–Trinajstić information content (AvgIpc) is 2.67. The van der Waals surface area contributed by atoms with Crippen molar-refractivity contribution < 1.29 is 0 Å². The van der Waals surface area contributed by atoms with Crippen LogP contribution in [0.2, 0.25) is 0 Å². The third kappa shape index (κ3) is 3.88. The van der Waals surface area contributed by atoms with Gasteiger partial charge < -0.3 is 0 Å². The molecule has 0 unspecified atom stereocenters. The van der Waals surface area contributed by atoms with Crippen molar-refractivity contribution in [2.75, 3.05) is 0 Å². The van der Waals surface area contributed by atoms with Gasteiger partial charge in [0.05, 0.1) is 5.52 Å². The quantitative estimate of drug-likeness (QED) is 0.440. The second kappa shape index (κ2) is 8.05. The van der Waals surface area contributed by atoms with Crippen LogP contribution in [0.5, 0.6) is 0 Å². The molecule has 1 aromatic carbocycles. The zero-order valence-corrected chi connectivity index (χ0v) is 15.8. The van der Waals surface area contributed by atoms with Gasteiger partial charge in [-0.05, 0) is 40.5 Å². The Kier molecular flexibility index (Phi) is 5.57. The predicted octanol–water partition coefficient (Wildman–Crippen LogP) is 6.11. The molecule has 0 atom stereocenters. The minimum atomic E-state index is 0.478. The summed E-state index contributed by atoms with van der Waals surface area (Å²) in [7, 11) is 0. The van der Waals surface area contributed by atoms with E-state index < -0.39 is 0 Å². The lowest BCUT2D eigenvalue weighted by Gasteiger charge is -2.08. The van der Waals surface area contributed by atoms with Crippen molar-refractivity contribution >= 4 is 21.7 Å². The molecule has 0 radical (unpaired) electrons. The molecule has 0 bridgehead atoms. The van der Waals surface area contributed by atoms with Crippen LogP contribution in [0.1, 0.15) is 50.7 Å². The van der Waals surface area contributed by atoms with Gasteiger partial charge in [0.15, 0.2) is 0 Å². The standard InChI is InChI=1S/C12H13N.C11H12N2/c1-9(2)12-8-13-7-10-5-3-4-6-11(10)12;1-8(2)10-7-12-6-9-4-3-5-13-11(9)10/h3-9H,1-2H3;3-8H,1-2H3. The Morgan fingerprint density at radius 2 is 1.27 bits per heavy atom. The van der Waals surface area contributed by atoms with Gasteiger partial charge >= 0.3 is 0 Å². The molecule has 0 saturated heterocycles. The van der Waals surface area contributed by atoms with Gasteiger partial charge in [-0.15, -0.1) is 0 Å². The molecule has 132 valence electrons. The minimum Gasteiger partial charge on any atom is -0.264 e. The Hall–Kier alpha value is -2.81. The van der Waals surface area contributed by atoms with Crippen molar-refractivity contribution in [1.82, 2.24) is 15.0 Å². The second-order valence-electron chi connectivity index (χ2n) is 7.06. The van der Waals surface area contributed by atoms with Crippen LogP contribution >= 0.6 is 0 Å². The molecule has 0 aliphatic carbocycles. The molecule has 0 saturated carbocycles. The van der Waals surface area contributed by atoms with E-state index in [-0.39, 0.29) is 0 Å². The van der Waals surface area contributed by atoms with Crippen molar-refractivity contribution in [2.24, 2.45) is 0 Å². The summed E-state index contributed by atoms with van der Waals surface area (Å²) in [6.07, 6.45) is 9.47. The highest BCUT2D eigenvalue weighted by Crippen LogP contribution is 2.23. The number of benzene rings is 1. The third-order valence-corrected chi connectivity index (χ3v) is 4.48. The summed E-state index contributed by atoms with van der Waals surface area (Å²) >= 11 is 0. The summed E-state index contributed by atoms with van der Waals surface area (Å²) < 4.78 is 0. The zero-order valence-electron chi connectivity index (χ0n) is 15.8. The monoisotopic (exact) mass is 343 g/mol. The molecule has 26 heavy (non-hydrogen) atoms. The summed E-state index contributed by atoms with van der Waals surface area (Å²) in [5, 5.41) is 3.68. The topological polar surface area (TPSA) is 38.7 Å². The van der Waals surface area contributed by atoms with Crippen LogP contribution in [0.25, 0.3) is 21.7 Å². The lowest BCUT2D eigenvalue weighted by Crippen LogP contribution is -1.92. The maximum Gasteiger partial charge on any atom is 0.0767 e. The van der Waals surface area contributed by atoms with Crippen molar-refractivity contribution in [3.8, 4) is 0 Å². The molecule has 0 spiro atoms. The van der Waals surface area contributed by atoms with Crippen LogP contribution in [-0.4, -0.2) is 15.0 Å². The SMILES string of the molecule is CC(C)c1cncc2ccccc12.CC(C)c1cncc2cccnc12. The normalized spacial score (nSPS) is 11.0. The fourth-order valence-electron chi connectivity index (χ4n) is 3.04. The first kappa shape index (κ1) is 18.0. The molecule has 0 aliphatic rings. The summed E-state index contributed by atoms with van der Waals surface area (Å²) in [5.74, 6) is 1.02. The minimum absolute atomic E-state index is 0.478. The van der Waals surface area contributed by atoms with Crippen molar-refractivity contribution in [3.63, 3.8) is 0 Å². The van der Waals surface area contributed by atoms with Crippen LogP contribution in [-0.2, 0) is 0 Å². The van der Waals surface area contributed by atoms with E-state index in [4.69, 9.17) is 0 Å². The fourth-order valence-corrected chi connectivity index (χ4v) is 3.04. The maximum absolute atomic E-state index is 4.36. The Balaban J connectivity index is 0.000000151. The maximum atomic E-state index is 4.36. The van der Waals surface area contributed by atoms with Gasteiger partial charge in [0, 0.05) is 41.8 Å². The van der Waals surface area contributed by atoms with Crippen LogP contribution < -0.4 is 0 Å². The number of hydrogen-bond acceptors (Lipinski definition) is 3. The van der Waals surface area contributed by atoms with Gasteiger partial charge in [-0.1, -0.05) is 52.0 Å². The Morgan fingerprint density at radius 3 is 2.00 bits per heavy atom. The summed E-state index contributed by atoms with van der Waals surface area (Å²) in [6, 6.07) is 12.4. The molecule has 3 nitrogen and oxygen atoms in total. The molecule has 0 N–H and O–H groups in total. The molecule has 0 amide bonds. The average molecular weight is 343 g/mol. The van der Waals surface area contributed by atoms with E-state index in [9.17, 15) is 0 Å². The summed E-state index contributed by atoms with van der Waals surface area (Å²) in [4.78, 5) is 12.8. The highest BCUT2D eigenvalue weighted by molar-refractivity contribution is 5.85. The van der Waals surface area contributed by atoms with Crippen molar-refractivity contribution in [3.05, 3.63) is 78.5 Å². The van der Waals surface area contributed by atoms with E-state index in [1.165, 1.54) is 21.9 Å². The predicted molar refractivity (Wildman–Crippen MR) is 109 cm³/mol. The van der Waals surface area contributed by atoms with Crippen molar-refractivity contribution in [2.45, 2.75) is 39.5 Å². The Bertz CT molecular complexity index is 912. The van der Waals surface area contributed by atoms with Crippen LogP contribution in [0, 0.1) is 0 Å². The fraction of sp³-hybridized carbons (Fsp3) is 0.261. The smallest absolute Gasteiger partial charge is 0.0767 e. The molecular formula is C23H25N3. The number of hydrogen-bond donors (Lipinski definition) is 0. The van der Waals surface area contributed by atoms with Gasteiger partial charge in [0.2, 0.25) is 0 Å². The van der Waals surface area contributed by atoms with E-state index in [2.05, 4.69) is 60.8 Å². The molecule has 3 heterocycles. The number of rotatable bonds is 2. The molecule has 4 aromatic rings. The highest BCUT2D eigenvalue weighted by atomic mass is 14.7. The van der Waals surface area contributed by atoms with Gasteiger partial charge in [-0.3, -0.25) is 15.0 Å². The third-order valence-electron chi connectivity index (χ3n) is 4.48. The molecule has 0 fully saturated rings. The van der Waals surface area contributed by atoms with Crippen LogP contribution in [0.4, 0.5) is 0 Å². The van der Waals surface area contributed by atoms with E-state index >= 15 is 0 Å². The van der Waals surface area contributed by atoms with E-state index in [0.29, 0.717) is 11.8 Å². The Morgan fingerprint density at radius 1 is 0.654 bits per heavy atom. The molecule has 0 aliphatic heterocycles. The van der Waals surface area contributed by atoms with Crippen molar-refractivity contribution in [1.29, 1.82) is 0 Å².